The Balaban J connectivity index is 1.52. The third-order valence-electron chi connectivity index (χ3n) is 5.91. The molecule has 0 saturated carbocycles. The van der Waals surface area contributed by atoms with Gasteiger partial charge < -0.3 is 19.6 Å². The molecule has 4 rings (SSSR count). The molecule has 2 aliphatic heterocycles. The third kappa shape index (κ3) is 5.55. The maximum atomic E-state index is 13.9. The molecule has 0 aliphatic carbocycles. The number of aryl methyl sites for hydroxylation is 1. The summed E-state index contributed by atoms with van der Waals surface area (Å²) in [5.41, 5.74) is 2.73. The molecule has 0 saturated heterocycles. The molecule has 0 aromatic carbocycles. The molecule has 35 heavy (non-hydrogen) atoms. The standard InChI is InChI=1S/C26H27ClF2N4O2/c1-16-11-31-25(32-7-5-6-18(13-32)26(3,4)34)10-23(16)33-14-20(27)24(8-17(33)2)35-15-22-21(29)9-19(28)12-30-22/h5-12,34H,13-15H2,1-4H3. The number of allylic oxidation sites excluding steroid dienone is 4. The Morgan fingerprint density at radius 3 is 2.63 bits per heavy atom. The molecule has 1 N–H and O–H groups in total. The Kier molecular flexibility index (Phi) is 6.96. The van der Waals surface area contributed by atoms with Crippen molar-refractivity contribution in [2.24, 2.45) is 0 Å². The lowest BCUT2D eigenvalue weighted by molar-refractivity contribution is 0.118. The molecule has 6 nitrogen and oxygen atoms in total. The summed E-state index contributed by atoms with van der Waals surface area (Å²) in [4.78, 5) is 12.4. The summed E-state index contributed by atoms with van der Waals surface area (Å²) in [6.45, 7) is 8.14. The molecule has 4 heterocycles. The van der Waals surface area contributed by atoms with E-state index in [9.17, 15) is 13.9 Å². The summed E-state index contributed by atoms with van der Waals surface area (Å²) < 4.78 is 32.7. The number of pyridine rings is 2. The molecule has 2 aromatic heterocycles. The molecule has 0 unspecified atom stereocenters. The molecule has 0 fully saturated rings. The fourth-order valence-corrected chi connectivity index (χ4v) is 4.06. The van der Waals surface area contributed by atoms with Crippen LogP contribution in [0.5, 0.6) is 0 Å². The van der Waals surface area contributed by atoms with E-state index in [4.69, 9.17) is 16.3 Å². The van der Waals surface area contributed by atoms with Gasteiger partial charge in [-0.25, -0.2) is 13.8 Å². The van der Waals surface area contributed by atoms with Gasteiger partial charge in [0, 0.05) is 48.5 Å². The van der Waals surface area contributed by atoms with Gasteiger partial charge in [0.25, 0.3) is 0 Å². The average Bonchev–Trinajstić information content (AvgIpc) is 2.80. The molecule has 0 spiro atoms. The maximum absolute atomic E-state index is 13.9. The second-order valence-corrected chi connectivity index (χ2v) is 9.52. The van der Waals surface area contributed by atoms with Crippen molar-refractivity contribution in [2.75, 3.05) is 22.9 Å². The van der Waals surface area contributed by atoms with Gasteiger partial charge in [0.15, 0.2) is 5.82 Å². The van der Waals surface area contributed by atoms with Crippen LogP contribution in [-0.4, -0.2) is 33.8 Å². The number of halogens is 3. The van der Waals surface area contributed by atoms with Gasteiger partial charge in [-0.1, -0.05) is 17.7 Å². The van der Waals surface area contributed by atoms with Gasteiger partial charge in [0.1, 0.15) is 29.7 Å². The number of hydrogen-bond acceptors (Lipinski definition) is 6. The second kappa shape index (κ2) is 9.79. The highest BCUT2D eigenvalue weighted by atomic mass is 35.5. The summed E-state index contributed by atoms with van der Waals surface area (Å²) in [5, 5.41) is 10.8. The Morgan fingerprint density at radius 1 is 1.14 bits per heavy atom. The third-order valence-corrected chi connectivity index (χ3v) is 6.22. The predicted octanol–water partition coefficient (Wildman–Crippen LogP) is 5.49. The fraction of sp³-hybridized carbons (Fsp3) is 0.308. The van der Waals surface area contributed by atoms with Crippen LogP contribution in [0.2, 0.25) is 0 Å². The van der Waals surface area contributed by atoms with Crippen LogP contribution in [0.25, 0.3) is 0 Å². The molecular weight excluding hydrogens is 474 g/mol. The molecule has 0 bridgehead atoms. The van der Waals surface area contributed by atoms with Crippen LogP contribution in [0.3, 0.4) is 0 Å². The first-order valence-electron chi connectivity index (χ1n) is 11.1. The Bertz CT molecular complexity index is 1260. The van der Waals surface area contributed by atoms with Gasteiger partial charge in [-0.3, -0.25) is 4.98 Å². The van der Waals surface area contributed by atoms with Gasteiger partial charge in [-0.2, -0.15) is 0 Å². The minimum atomic E-state index is -0.927. The number of anilines is 2. The van der Waals surface area contributed by atoms with Crippen LogP contribution in [0.1, 0.15) is 32.0 Å². The molecule has 0 amide bonds. The van der Waals surface area contributed by atoms with Gasteiger partial charge >= 0.3 is 0 Å². The molecular formula is C26H27ClF2N4O2. The van der Waals surface area contributed by atoms with Crippen LogP contribution in [0, 0.1) is 18.6 Å². The van der Waals surface area contributed by atoms with E-state index in [-0.39, 0.29) is 12.3 Å². The van der Waals surface area contributed by atoms with Gasteiger partial charge in [-0.05, 0) is 44.9 Å². The van der Waals surface area contributed by atoms with Crippen molar-refractivity contribution in [3.8, 4) is 0 Å². The van der Waals surface area contributed by atoms with Crippen LogP contribution in [0.15, 0.2) is 71.0 Å². The highest BCUT2D eigenvalue weighted by molar-refractivity contribution is 6.30. The molecule has 2 aliphatic rings. The summed E-state index contributed by atoms with van der Waals surface area (Å²) in [5.74, 6) is -0.359. The van der Waals surface area contributed by atoms with Crippen molar-refractivity contribution in [1.82, 2.24) is 9.97 Å². The van der Waals surface area contributed by atoms with Crippen molar-refractivity contribution in [1.29, 1.82) is 0 Å². The number of ether oxygens (including phenoxy) is 1. The number of rotatable bonds is 6. The zero-order valence-electron chi connectivity index (χ0n) is 20.0. The zero-order valence-corrected chi connectivity index (χ0v) is 20.8. The highest BCUT2D eigenvalue weighted by Crippen LogP contribution is 2.34. The van der Waals surface area contributed by atoms with Gasteiger partial charge in [-0.15, -0.1) is 0 Å². The van der Waals surface area contributed by atoms with E-state index in [1.54, 1.807) is 26.1 Å². The van der Waals surface area contributed by atoms with Crippen molar-refractivity contribution in [3.63, 3.8) is 0 Å². The lowest BCUT2D eigenvalue weighted by Crippen LogP contribution is -2.33. The fourth-order valence-electron chi connectivity index (χ4n) is 3.83. The molecule has 2 aromatic rings. The van der Waals surface area contributed by atoms with Crippen molar-refractivity contribution in [2.45, 2.75) is 39.9 Å². The minimum absolute atomic E-state index is 0.000492. The lowest BCUT2D eigenvalue weighted by Gasteiger charge is -2.33. The van der Waals surface area contributed by atoms with Gasteiger partial charge in [0.2, 0.25) is 0 Å². The first-order chi connectivity index (χ1) is 16.5. The zero-order chi connectivity index (χ0) is 25.3. The summed E-state index contributed by atoms with van der Waals surface area (Å²) in [6.07, 6.45) is 10.3. The van der Waals surface area contributed by atoms with E-state index in [1.165, 1.54) is 0 Å². The first-order valence-corrected chi connectivity index (χ1v) is 11.5. The number of aromatic nitrogens is 2. The highest BCUT2D eigenvalue weighted by Gasteiger charge is 2.25. The smallest absolute Gasteiger partial charge is 0.151 e. The Hall–Kier alpha value is -3.23. The first kappa shape index (κ1) is 24.9. The van der Waals surface area contributed by atoms with E-state index in [1.807, 2.05) is 48.1 Å². The average molecular weight is 501 g/mol. The number of hydrogen-bond donors (Lipinski definition) is 1. The molecule has 0 radical (unpaired) electrons. The van der Waals surface area contributed by atoms with E-state index >= 15 is 0 Å². The normalized spacial score (nSPS) is 16.5. The monoisotopic (exact) mass is 500 g/mol. The number of nitrogens with zero attached hydrogens (tertiary/aromatic N) is 4. The van der Waals surface area contributed by atoms with Crippen LogP contribution in [0.4, 0.5) is 20.3 Å². The topological polar surface area (TPSA) is 61.7 Å². The quantitative estimate of drug-likeness (QED) is 0.566. The van der Waals surface area contributed by atoms with E-state index in [2.05, 4.69) is 9.97 Å². The minimum Gasteiger partial charge on any atom is -0.486 e. The van der Waals surface area contributed by atoms with Gasteiger partial charge in [0.05, 0.1) is 23.4 Å². The summed E-state index contributed by atoms with van der Waals surface area (Å²) in [6, 6.07) is 2.76. The van der Waals surface area contributed by atoms with Crippen molar-refractivity contribution in [3.05, 3.63) is 93.9 Å². The van der Waals surface area contributed by atoms with E-state index in [0.29, 0.717) is 23.9 Å². The van der Waals surface area contributed by atoms with Crippen molar-refractivity contribution >= 4 is 23.1 Å². The van der Waals surface area contributed by atoms with Crippen LogP contribution in [-0.2, 0) is 11.3 Å². The molecule has 9 heteroatoms. The Labute approximate surface area is 208 Å². The SMILES string of the molecule is CC1=CC(OCc2ncc(F)cc2F)=C(Cl)CN1c1cc(N2C=CC=C(C(C)(C)O)C2)ncc1C. The predicted molar refractivity (Wildman–Crippen MR) is 133 cm³/mol. The van der Waals surface area contributed by atoms with E-state index in [0.717, 1.165) is 40.6 Å². The van der Waals surface area contributed by atoms with E-state index < -0.39 is 17.2 Å². The van der Waals surface area contributed by atoms with Crippen LogP contribution >= 0.6 is 11.6 Å². The second-order valence-electron chi connectivity index (χ2n) is 9.06. The maximum Gasteiger partial charge on any atom is 0.151 e. The largest absolute Gasteiger partial charge is 0.486 e. The summed E-state index contributed by atoms with van der Waals surface area (Å²) >= 11 is 6.56. The molecule has 0 atom stereocenters. The molecule has 184 valence electrons. The number of aliphatic hydroxyl groups is 1. The lowest BCUT2D eigenvalue weighted by atomic mass is 9.96. The Morgan fingerprint density at radius 2 is 1.91 bits per heavy atom. The summed E-state index contributed by atoms with van der Waals surface area (Å²) in [7, 11) is 0. The van der Waals surface area contributed by atoms with Crippen LogP contribution < -0.4 is 9.80 Å². The van der Waals surface area contributed by atoms with Crippen molar-refractivity contribution < 1.29 is 18.6 Å².